The van der Waals surface area contributed by atoms with Crippen molar-refractivity contribution in [2.45, 2.75) is 19.3 Å². The fourth-order valence-electron chi connectivity index (χ4n) is 2.65. The van der Waals surface area contributed by atoms with Crippen LogP contribution in [0, 0.1) is 0 Å². The molecule has 0 saturated heterocycles. The highest BCUT2D eigenvalue weighted by Gasteiger charge is 2.25. The van der Waals surface area contributed by atoms with Gasteiger partial charge in [-0.15, -0.1) is 0 Å². The predicted octanol–water partition coefficient (Wildman–Crippen LogP) is 3.69. The highest BCUT2D eigenvalue weighted by Crippen LogP contribution is 2.35. The maximum absolute atomic E-state index is 12.8. The van der Waals surface area contributed by atoms with Gasteiger partial charge in [0, 0.05) is 17.0 Å². The molecule has 0 spiro atoms. The number of fused-ring (bicyclic) bond motifs is 1. The van der Waals surface area contributed by atoms with Crippen LogP contribution in [0.25, 0.3) is 0 Å². The smallest absolute Gasteiger partial charge is 0.310 e. The van der Waals surface area contributed by atoms with Gasteiger partial charge in [-0.2, -0.15) is 0 Å². The number of hydrogen-bond donors (Lipinski definition) is 1. The van der Waals surface area contributed by atoms with E-state index in [1.54, 1.807) is 37.3 Å². The summed E-state index contributed by atoms with van der Waals surface area (Å²) >= 11 is 5.86. The Morgan fingerprint density at radius 2 is 1.91 bits per heavy atom. The molecule has 0 aromatic heterocycles. The summed E-state index contributed by atoms with van der Waals surface area (Å²) < 4.78 is 5.60. The molecule has 1 aliphatic heterocycles. The Kier molecular flexibility index (Phi) is 4.09. The zero-order valence-corrected chi connectivity index (χ0v) is 13.3. The highest BCUT2D eigenvalue weighted by molar-refractivity contribution is 6.30. The minimum Gasteiger partial charge on any atom is -0.492 e. The van der Waals surface area contributed by atoms with E-state index in [-0.39, 0.29) is 5.78 Å². The van der Waals surface area contributed by atoms with Crippen LogP contribution in [0.15, 0.2) is 36.4 Å². The number of hydrogen-bond acceptors (Lipinski definition) is 3. The first kappa shape index (κ1) is 15.6. The van der Waals surface area contributed by atoms with Gasteiger partial charge in [-0.05, 0) is 48.4 Å². The SMILES string of the molecule is CC(C(=O)O)c1cc2c(c(C(=O)c3ccc(Cl)cc3)c1)OCC2. The Morgan fingerprint density at radius 3 is 2.57 bits per heavy atom. The van der Waals surface area contributed by atoms with Crippen LogP contribution in [0.3, 0.4) is 0 Å². The van der Waals surface area contributed by atoms with Gasteiger partial charge in [0.25, 0.3) is 0 Å². The lowest BCUT2D eigenvalue weighted by atomic mass is 9.92. The van der Waals surface area contributed by atoms with Crippen molar-refractivity contribution in [3.63, 3.8) is 0 Å². The maximum Gasteiger partial charge on any atom is 0.310 e. The van der Waals surface area contributed by atoms with E-state index in [0.29, 0.717) is 40.5 Å². The number of carbonyl (C=O) groups excluding carboxylic acids is 1. The Balaban J connectivity index is 2.09. The van der Waals surface area contributed by atoms with E-state index in [2.05, 4.69) is 0 Å². The second-order valence-corrected chi connectivity index (χ2v) is 5.99. The first-order valence-corrected chi connectivity index (χ1v) is 7.68. The van der Waals surface area contributed by atoms with E-state index in [9.17, 15) is 14.7 Å². The number of ether oxygens (including phenoxy) is 1. The normalized spacial score (nSPS) is 14.0. The molecular weight excluding hydrogens is 316 g/mol. The number of carbonyl (C=O) groups is 2. The lowest BCUT2D eigenvalue weighted by Crippen LogP contribution is -2.10. The largest absolute Gasteiger partial charge is 0.492 e. The monoisotopic (exact) mass is 330 g/mol. The summed E-state index contributed by atoms with van der Waals surface area (Å²) in [5.41, 5.74) is 2.39. The van der Waals surface area contributed by atoms with Gasteiger partial charge in [-0.25, -0.2) is 0 Å². The summed E-state index contributed by atoms with van der Waals surface area (Å²) in [7, 11) is 0. The molecule has 3 rings (SSSR count). The van der Waals surface area contributed by atoms with Gasteiger partial charge in [0.15, 0.2) is 5.78 Å². The number of ketones is 1. The average molecular weight is 331 g/mol. The van der Waals surface area contributed by atoms with Crippen LogP contribution >= 0.6 is 11.6 Å². The van der Waals surface area contributed by atoms with Crippen LogP contribution in [-0.4, -0.2) is 23.5 Å². The van der Waals surface area contributed by atoms with Crippen LogP contribution in [0.5, 0.6) is 5.75 Å². The first-order chi connectivity index (χ1) is 11.0. The van der Waals surface area contributed by atoms with Gasteiger partial charge < -0.3 is 9.84 Å². The molecule has 1 heterocycles. The van der Waals surface area contributed by atoms with Crippen molar-refractivity contribution in [3.05, 3.63) is 63.7 Å². The van der Waals surface area contributed by atoms with E-state index in [4.69, 9.17) is 16.3 Å². The minimum absolute atomic E-state index is 0.195. The fourth-order valence-corrected chi connectivity index (χ4v) is 2.78. The van der Waals surface area contributed by atoms with Crippen LogP contribution < -0.4 is 4.74 Å². The van der Waals surface area contributed by atoms with E-state index < -0.39 is 11.9 Å². The zero-order chi connectivity index (χ0) is 16.6. The van der Waals surface area contributed by atoms with Gasteiger partial charge in [0.1, 0.15) is 5.75 Å². The second kappa shape index (κ2) is 6.05. The summed E-state index contributed by atoms with van der Waals surface area (Å²) in [6.07, 6.45) is 0.677. The molecule has 2 aromatic rings. The maximum atomic E-state index is 12.8. The molecule has 0 fully saturated rings. The molecule has 118 valence electrons. The molecular formula is C18H15ClO4. The van der Waals surface area contributed by atoms with Gasteiger partial charge >= 0.3 is 5.97 Å². The number of carboxylic acid groups (broad SMARTS) is 1. The lowest BCUT2D eigenvalue weighted by Gasteiger charge is -2.13. The summed E-state index contributed by atoms with van der Waals surface area (Å²) in [5.74, 6) is -1.24. The molecule has 23 heavy (non-hydrogen) atoms. The summed E-state index contributed by atoms with van der Waals surface area (Å²) in [6, 6.07) is 10.1. The zero-order valence-electron chi connectivity index (χ0n) is 12.5. The molecule has 0 amide bonds. The van der Waals surface area contributed by atoms with Crippen molar-refractivity contribution in [1.29, 1.82) is 0 Å². The van der Waals surface area contributed by atoms with Crippen molar-refractivity contribution >= 4 is 23.4 Å². The Hall–Kier alpha value is -2.33. The molecule has 1 N–H and O–H groups in total. The number of carboxylic acids is 1. The Morgan fingerprint density at radius 1 is 1.22 bits per heavy atom. The van der Waals surface area contributed by atoms with Crippen molar-refractivity contribution in [3.8, 4) is 5.75 Å². The standard InChI is InChI=1S/C18H15ClO4/c1-10(18(21)22)13-8-12-6-7-23-17(12)15(9-13)16(20)11-2-4-14(19)5-3-11/h2-5,8-10H,6-7H2,1H3,(H,21,22). The lowest BCUT2D eigenvalue weighted by molar-refractivity contribution is -0.138. The molecule has 0 saturated carbocycles. The topological polar surface area (TPSA) is 63.6 Å². The van der Waals surface area contributed by atoms with Crippen molar-refractivity contribution in [2.75, 3.05) is 6.61 Å². The van der Waals surface area contributed by atoms with E-state index >= 15 is 0 Å². The van der Waals surface area contributed by atoms with Gasteiger partial charge in [-0.3, -0.25) is 9.59 Å². The molecule has 0 aliphatic carbocycles. The summed E-state index contributed by atoms with van der Waals surface area (Å²) in [5, 5.41) is 9.78. The van der Waals surface area contributed by atoms with Gasteiger partial charge in [0.2, 0.25) is 0 Å². The van der Waals surface area contributed by atoms with E-state index in [1.165, 1.54) is 0 Å². The van der Waals surface area contributed by atoms with Gasteiger partial charge in [0.05, 0.1) is 18.1 Å². The summed E-state index contributed by atoms with van der Waals surface area (Å²) in [4.78, 5) is 24.0. The average Bonchev–Trinajstić information content (AvgIpc) is 3.01. The van der Waals surface area contributed by atoms with Crippen LogP contribution in [0.2, 0.25) is 5.02 Å². The third kappa shape index (κ3) is 2.94. The van der Waals surface area contributed by atoms with Crippen LogP contribution in [-0.2, 0) is 11.2 Å². The molecule has 1 unspecified atom stereocenters. The molecule has 0 bridgehead atoms. The van der Waals surface area contributed by atoms with Crippen LogP contribution in [0.4, 0.5) is 0 Å². The van der Waals surface area contributed by atoms with Crippen molar-refractivity contribution < 1.29 is 19.4 Å². The third-order valence-electron chi connectivity index (χ3n) is 4.03. The number of benzene rings is 2. The van der Waals surface area contributed by atoms with Crippen molar-refractivity contribution in [2.24, 2.45) is 0 Å². The molecule has 4 nitrogen and oxygen atoms in total. The molecule has 1 atom stereocenters. The van der Waals surface area contributed by atoms with Crippen molar-refractivity contribution in [1.82, 2.24) is 0 Å². The Labute approximate surface area is 138 Å². The van der Waals surface area contributed by atoms with E-state index in [0.717, 1.165) is 5.56 Å². The number of rotatable bonds is 4. The molecule has 5 heteroatoms. The fraction of sp³-hybridized carbons (Fsp3) is 0.222. The van der Waals surface area contributed by atoms with Crippen LogP contribution in [0.1, 0.15) is 39.9 Å². The second-order valence-electron chi connectivity index (χ2n) is 5.55. The summed E-state index contributed by atoms with van der Waals surface area (Å²) in [6.45, 7) is 2.11. The quantitative estimate of drug-likeness (QED) is 0.868. The number of aliphatic carboxylic acids is 1. The Bertz CT molecular complexity index is 780. The number of halogens is 1. The van der Waals surface area contributed by atoms with E-state index in [1.807, 2.05) is 6.07 Å². The molecule has 1 aliphatic rings. The molecule has 0 radical (unpaired) electrons. The van der Waals surface area contributed by atoms with Gasteiger partial charge in [-0.1, -0.05) is 17.7 Å². The third-order valence-corrected chi connectivity index (χ3v) is 4.28. The highest BCUT2D eigenvalue weighted by atomic mass is 35.5. The molecule has 2 aromatic carbocycles. The first-order valence-electron chi connectivity index (χ1n) is 7.30. The minimum atomic E-state index is -0.922. The predicted molar refractivity (Wildman–Crippen MR) is 86.6 cm³/mol.